The third-order valence-electron chi connectivity index (χ3n) is 8.65. The number of ether oxygens (including phenoxy) is 1. The fraction of sp³-hybridized carbons (Fsp3) is 0.436. The van der Waals surface area contributed by atoms with Gasteiger partial charge in [-0.05, 0) is 149 Å². The minimum Gasteiger partial charge on any atom is -0.508 e. The monoisotopic (exact) mass is 734 g/mol. The van der Waals surface area contributed by atoms with Gasteiger partial charge in [0.05, 0.1) is 0 Å². The van der Waals surface area contributed by atoms with E-state index in [1.165, 1.54) is 16.9 Å². The van der Waals surface area contributed by atoms with Crippen molar-refractivity contribution < 1.29 is 19.4 Å². The highest BCUT2D eigenvalue weighted by atomic mass is 32.1. The van der Waals surface area contributed by atoms with Crippen LogP contribution in [0.1, 0.15) is 43.0 Å². The first-order chi connectivity index (χ1) is 24.2. The maximum absolute atomic E-state index is 12.8. The average Bonchev–Trinajstić information content (AvgIpc) is 3.72. The van der Waals surface area contributed by atoms with Crippen LogP contribution in [-0.4, -0.2) is 91.9 Å². The number of phenolic OH excluding ortho intramolecular Hbond substituents is 1. The maximum atomic E-state index is 12.8. The van der Waals surface area contributed by atoms with E-state index in [4.69, 9.17) is 4.74 Å². The molecule has 4 aromatic rings. The van der Waals surface area contributed by atoms with Crippen molar-refractivity contribution in [2.45, 2.75) is 70.1 Å². The summed E-state index contributed by atoms with van der Waals surface area (Å²) in [5, 5.41) is 29.1. The highest BCUT2D eigenvalue weighted by Gasteiger charge is 2.22. The van der Waals surface area contributed by atoms with E-state index >= 15 is 0 Å². The number of urea groups is 2. The van der Waals surface area contributed by atoms with Crippen molar-refractivity contribution in [1.29, 1.82) is 0 Å². The van der Waals surface area contributed by atoms with Crippen LogP contribution < -0.4 is 26.0 Å². The minimum atomic E-state index is -0.360. The number of nitrogens with one attached hydrogen (secondary N) is 4. The lowest BCUT2D eigenvalue weighted by Crippen LogP contribution is -2.52. The molecule has 0 bridgehead atoms. The summed E-state index contributed by atoms with van der Waals surface area (Å²) in [7, 11) is 8.02. The molecule has 2 aromatic carbocycles. The Morgan fingerprint density at radius 2 is 1.45 bits per heavy atom. The second-order valence-corrected chi connectivity index (χ2v) is 16.0. The third kappa shape index (κ3) is 13.9. The van der Waals surface area contributed by atoms with E-state index in [9.17, 15) is 14.7 Å². The van der Waals surface area contributed by atoms with Gasteiger partial charge < -0.3 is 40.9 Å². The van der Waals surface area contributed by atoms with Crippen LogP contribution in [0.4, 0.5) is 9.59 Å². The maximum Gasteiger partial charge on any atom is 0.315 e. The van der Waals surface area contributed by atoms with Gasteiger partial charge in [0.1, 0.15) is 11.5 Å². The number of benzene rings is 2. The summed E-state index contributed by atoms with van der Waals surface area (Å²) in [4.78, 5) is 29.7. The molecule has 0 spiro atoms. The summed E-state index contributed by atoms with van der Waals surface area (Å²) in [6, 6.07) is 19.1. The second kappa shape index (κ2) is 18.9. The van der Waals surface area contributed by atoms with E-state index in [2.05, 4.69) is 65.4 Å². The van der Waals surface area contributed by atoms with Gasteiger partial charge >= 0.3 is 12.1 Å². The molecule has 12 heteroatoms. The molecule has 2 heterocycles. The zero-order valence-electron chi connectivity index (χ0n) is 30.9. The first kappa shape index (κ1) is 39.7. The molecule has 0 saturated heterocycles. The van der Waals surface area contributed by atoms with E-state index in [1.54, 1.807) is 23.5 Å². The molecule has 5 N–H and O–H groups in total. The Balaban J connectivity index is 1.22. The number of amides is 4. The molecule has 0 unspecified atom stereocenters. The van der Waals surface area contributed by atoms with E-state index in [0.717, 1.165) is 40.3 Å². The van der Waals surface area contributed by atoms with Gasteiger partial charge in [0, 0.05) is 36.8 Å². The van der Waals surface area contributed by atoms with Gasteiger partial charge in [-0.15, -0.1) is 11.3 Å². The highest BCUT2D eigenvalue weighted by Crippen LogP contribution is 2.30. The number of nitrogens with zero attached hydrogens (tertiary/aromatic N) is 2. The Kier molecular flexibility index (Phi) is 14.7. The minimum absolute atomic E-state index is 0.0784. The first-order valence-electron chi connectivity index (χ1n) is 17.3. The van der Waals surface area contributed by atoms with Gasteiger partial charge in [0.15, 0.2) is 5.06 Å². The molecule has 4 amide bonds. The number of aromatic hydroxyl groups is 1. The largest absolute Gasteiger partial charge is 0.508 e. The van der Waals surface area contributed by atoms with E-state index < -0.39 is 0 Å². The number of rotatable bonds is 18. The van der Waals surface area contributed by atoms with Crippen molar-refractivity contribution in [2.24, 2.45) is 0 Å². The van der Waals surface area contributed by atoms with Gasteiger partial charge in [-0.1, -0.05) is 24.3 Å². The number of phenols is 1. The van der Waals surface area contributed by atoms with Crippen LogP contribution in [0.5, 0.6) is 16.6 Å². The second-order valence-electron chi connectivity index (χ2n) is 14.3. The molecule has 10 nitrogen and oxygen atoms in total. The lowest BCUT2D eigenvalue weighted by molar-refractivity contribution is 0.221. The summed E-state index contributed by atoms with van der Waals surface area (Å²) in [6.07, 6.45) is 2.90. The van der Waals surface area contributed by atoms with Gasteiger partial charge in [0.2, 0.25) is 0 Å². The van der Waals surface area contributed by atoms with Crippen LogP contribution in [0.3, 0.4) is 0 Å². The van der Waals surface area contributed by atoms with Crippen LogP contribution in [0, 0.1) is 0 Å². The van der Waals surface area contributed by atoms with Crippen LogP contribution in [0.2, 0.25) is 0 Å². The molecule has 0 fully saturated rings. The van der Waals surface area contributed by atoms with E-state index in [-0.39, 0.29) is 41.5 Å². The van der Waals surface area contributed by atoms with Crippen molar-refractivity contribution in [1.82, 2.24) is 31.1 Å². The summed E-state index contributed by atoms with van der Waals surface area (Å²) < 4.78 is 6.25. The normalized spacial score (nSPS) is 13.4. The van der Waals surface area contributed by atoms with E-state index in [0.29, 0.717) is 25.9 Å². The van der Waals surface area contributed by atoms with Crippen molar-refractivity contribution in [2.75, 3.05) is 41.3 Å². The smallest absolute Gasteiger partial charge is 0.315 e. The van der Waals surface area contributed by atoms with Crippen LogP contribution in [0.25, 0.3) is 0 Å². The first-order valence-corrected chi connectivity index (χ1v) is 19.1. The third-order valence-corrected chi connectivity index (χ3v) is 10.2. The Labute approximate surface area is 311 Å². The molecule has 276 valence electrons. The highest BCUT2D eigenvalue weighted by molar-refractivity contribution is 7.12. The fourth-order valence-electron chi connectivity index (χ4n) is 5.87. The number of carbonyl (C=O) groups excluding carboxylic acids is 2. The molecule has 0 aliphatic carbocycles. The SMILES string of the molecule is C[C@@H](Cc1csc(Oc2cccc(C[C@@H](CNC(=O)NC(C)(C)Cc3ccsc3)N(C)C)c2)c1)NC(=O)NC[C@H](Cc1cccc(O)c1)N(C)C. The molecular formula is C39H54N6O4S2. The van der Waals surface area contributed by atoms with Crippen molar-refractivity contribution >= 4 is 34.7 Å². The molecule has 4 rings (SSSR count). The van der Waals surface area contributed by atoms with Gasteiger partial charge in [-0.25, -0.2) is 9.59 Å². The molecule has 3 atom stereocenters. The van der Waals surface area contributed by atoms with Crippen LogP contribution >= 0.6 is 22.7 Å². The molecular weight excluding hydrogens is 681 g/mol. The lowest BCUT2D eigenvalue weighted by Gasteiger charge is -2.28. The van der Waals surface area contributed by atoms with E-state index in [1.807, 2.05) is 79.3 Å². The average molecular weight is 735 g/mol. The number of hydrogen-bond acceptors (Lipinski definition) is 8. The predicted molar refractivity (Wildman–Crippen MR) is 210 cm³/mol. The molecule has 2 aromatic heterocycles. The van der Waals surface area contributed by atoms with Crippen molar-refractivity contribution in [3.05, 3.63) is 99.1 Å². The number of carbonyl (C=O) groups is 2. The number of thiophene rings is 2. The molecule has 0 aliphatic heterocycles. The number of hydrogen-bond donors (Lipinski definition) is 5. The predicted octanol–water partition coefficient (Wildman–Crippen LogP) is 6.50. The van der Waals surface area contributed by atoms with Gasteiger partial charge in [-0.2, -0.15) is 11.3 Å². The zero-order valence-corrected chi connectivity index (χ0v) is 32.5. The topological polar surface area (TPSA) is 118 Å². The Bertz CT molecular complexity index is 1670. The zero-order chi connectivity index (χ0) is 37.0. The molecule has 0 saturated carbocycles. The lowest BCUT2D eigenvalue weighted by atomic mass is 9.97. The van der Waals surface area contributed by atoms with Crippen molar-refractivity contribution in [3.63, 3.8) is 0 Å². The summed E-state index contributed by atoms with van der Waals surface area (Å²) in [6.45, 7) is 7.05. The van der Waals surface area contributed by atoms with Gasteiger partial charge in [0.25, 0.3) is 0 Å². The molecule has 51 heavy (non-hydrogen) atoms. The Hall–Kier alpha value is -4.10. The summed E-state index contributed by atoms with van der Waals surface area (Å²) in [5.41, 5.74) is 4.08. The fourth-order valence-corrected chi connectivity index (χ4v) is 7.33. The molecule has 0 aliphatic rings. The Morgan fingerprint density at radius 1 is 0.804 bits per heavy atom. The summed E-state index contributed by atoms with van der Waals surface area (Å²) >= 11 is 3.19. The number of likely N-dealkylation sites (N-methyl/N-ethyl adjacent to an activating group) is 2. The molecule has 0 radical (unpaired) electrons. The standard InChI is InChI=1S/C39H54N6O4S2/c1-27(42-37(47)40-23-32(44(4)5)17-28-10-8-12-34(46)19-28)16-31-21-36(51-26-31)49-35-13-9-11-29(20-35)18-33(45(6)7)24-41-38(48)43-39(2,3)22-30-14-15-50-25-30/h8-15,19-21,25-27,32-33,46H,16-18,22-24H2,1-7H3,(H2,40,42,47)(H2,41,43,48)/t27-,32-,33-/m0/s1. The van der Waals surface area contributed by atoms with Crippen molar-refractivity contribution in [3.8, 4) is 16.6 Å². The van der Waals surface area contributed by atoms with Gasteiger partial charge in [-0.3, -0.25) is 0 Å². The van der Waals surface area contributed by atoms with Crippen LogP contribution in [0.15, 0.2) is 76.8 Å². The van der Waals surface area contributed by atoms with Crippen LogP contribution in [-0.2, 0) is 25.7 Å². The quantitative estimate of drug-likeness (QED) is 0.0797. The summed E-state index contributed by atoms with van der Waals surface area (Å²) in [5.74, 6) is 0.997. The Morgan fingerprint density at radius 3 is 2.08 bits per heavy atom.